The summed E-state index contributed by atoms with van der Waals surface area (Å²) in [5, 5.41) is 7.60. The SMILES string of the molecule is COc1ccccc1C1c2c(C(C)(C)C)n[nH]c2C(=O)N1Cc1ccc(-c2ccncc2)cc1. The molecule has 1 N–H and O–H groups in total. The summed E-state index contributed by atoms with van der Waals surface area (Å²) in [5.41, 5.74) is 6.43. The third kappa shape index (κ3) is 3.75. The van der Waals surface area contributed by atoms with Crippen LogP contribution in [0.1, 0.15) is 59.7 Å². The average Bonchev–Trinajstić information content (AvgIpc) is 3.39. The largest absolute Gasteiger partial charge is 0.496 e. The van der Waals surface area contributed by atoms with Gasteiger partial charge in [0.25, 0.3) is 5.91 Å². The lowest BCUT2D eigenvalue weighted by Crippen LogP contribution is -2.30. The van der Waals surface area contributed by atoms with E-state index in [-0.39, 0.29) is 17.4 Å². The molecule has 0 aliphatic carbocycles. The van der Waals surface area contributed by atoms with E-state index in [2.05, 4.69) is 60.2 Å². The number of carbonyl (C=O) groups excluding carboxylic acids is 1. The van der Waals surface area contributed by atoms with E-state index >= 15 is 0 Å². The van der Waals surface area contributed by atoms with E-state index in [9.17, 15) is 4.79 Å². The highest BCUT2D eigenvalue weighted by molar-refractivity contribution is 5.98. The molecule has 3 heterocycles. The zero-order valence-corrected chi connectivity index (χ0v) is 19.9. The third-order valence-corrected chi connectivity index (χ3v) is 6.33. The Kier molecular flexibility index (Phi) is 5.44. The molecule has 0 saturated heterocycles. The average molecular weight is 453 g/mol. The summed E-state index contributed by atoms with van der Waals surface area (Å²) in [6, 6.07) is 19.9. The van der Waals surface area contributed by atoms with Gasteiger partial charge in [-0.15, -0.1) is 0 Å². The molecule has 1 atom stereocenters. The number of methoxy groups -OCH3 is 1. The maximum absolute atomic E-state index is 13.6. The van der Waals surface area contributed by atoms with Crippen LogP contribution in [0.5, 0.6) is 5.75 Å². The number of rotatable bonds is 5. The Labute approximate surface area is 199 Å². The van der Waals surface area contributed by atoms with E-state index in [1.54, 1.807) is 19.5 Å². The molecule has 0 radical (unpaired) electrons. The van der Waals surface area contributed by atoms with E-state index in [0.717, 1.165) is 39.3 Å². The van der Waals surface area contributed by atoms with Gasteiger partial charge >= 0.3 is 0 Å². The van der Waals surface area contributed by atoms with Crippen LogP contribution in [0.2, 0.25) is 0 Å². The Balaban J connectivity index is 1.56. The molecule has 5 rings (SSSR count). The van der Waals surface area contributed by atoms with Gasteiger partial charge in [-0.05, 0) is 34.9 Å². The lowest BCUT2D eigenvalue weighted by molar-refractivity contribution is 0.0727. The molecule has 6 nitrogen and oxygen atoms in total. The van der Waals surface area contributed by atoms with Crippen LogP contribution < -0.4 is 4.74 Å². The number of pyridine rings is 1. The van der Waals surface area contributed by atoms with Crippen LogP contribution in [0.3, 0.4) is 0 Å². The molecular formula is C28H28N4O2. The highest BCUT2D eigenvalue weighted by atomic mass is 16.5. The first-order chi connectivity index (χ1) is 16.4. The molecule has 0 bridgehead atoms. The second-order valence-corrected chi connectivity index (χ2v) is 9.62. The second-order valence-electron chi connectivity index (χ2n) is 9.62. The quantitative estimate of drug-likeness (QED) is 0.433. The molecule has 1 aliphatic rings. The van der Waals surface area contributed by atoms with Gasteiger partial charge in [0.15, 0.2) is 0 Å². The first-order valence-electron chi connectivity index (χ1n) is 11.4. The van der Waals surface area contributed by atoms with E-state index in [4.69, 9.17) is 4.74 Å². The third-order valence-electron chi connectivity index (χ3n) is 6.33. The number of hydrogen-bond acceptors (Lipinski definition) is 4. The summed E-state index contributed by atoms with van der Waals surface area (Å²) in [6.07, 6.45) is 3.58. The number of hydrogen-bond donors (Lipinski definition) is 1. The van der Waals surface area contributed by atoms with Crippen molar-refractivity contribution in [1.29, 1.82) is 0 Å². The van der Waals surface area contributed by atoms with Crippen molar-refractivity contribution < 1.29 is 9.53 Å². The van der Waals surface area contributed by atoms with Crippen molar-refractivity contribution in [3.05, 3.63) is 101 Å². The minimum atomic E-state index is -0.286. The first kappa shape index (κ1) is 21.9. The Morgan fingerprint density at radius 2 is 1.65 bits per heavy atom. The molecule has 0 saturated carbocycles. The number of nitrogens with zero attached hydrogens (tertiary/aromatic N) is 3. The molecule has 2 aromatic carbocycles. The Morgan fingerprint density at radius 3 is 2.32 bits per heavy atom. The maximum Gasteiger partial charge on any atom is 0.273 e. The normalized spacial score (nSPS) is 15.5. The van der Waals surface area contributed by atoms with Crippen molar-refractivity contribution in [2.45, 2.75) is 38.8 Å². The van der Waals surface area contributed by atoms with Crippen LogP contribution in [0.15, 0.2) is 73.1 Å². The zero-order valence-electron chi connectivity index (χ0n) is 19.9. The van der Waals surface area contributed by atoms with E-state index in [1.165, 1.54) is 0 Å². The number of para-hydroxylation sites is 1. The smallest absolute Gasteiger partial charge is 0.273 e. The van der Waals surface area contributed by atoms with Crippen molar-refractivity contribution in [2.75, 3.05) is 7.11 Å². The fourth-order valence-electron chi connectivity index (χ4n) is 4.69. The summed E-state index contributed by atoms with van der Waals surface area (Å²) < 4.78 is 5.70. The van der Waals surface area contributed by atoms with Crippen LogP contribution in [-0.4, -0.2) is 33.1 Å². The number of benzene rings is 2. The molecule has 1 amide bonds. The van der Waals surface area contributed by atoms with E-state index in [1.807, 2.05) is 41.3 Å². The van der Waals surface area contributed by atoms with Gasteiger partial charge in [-0.1, -0.05) is 63.2 Å². The molecule has 172 valence electrons. The molecular weight excluding hydrogens is 424 g/mol. The number of aromatic amines is 1. The molecule has 1 unspecified atom stereocenters. The van der Waals surface area contributed by atoms with Crippen LogP contribution >= 0.6 is 0 Å². The summed E-state index contributed by atoms with van der Waals surface area (Å²) in [5.74, 6) is 0.708. The molecule has 4 aromatic rings. The van der Waals surface area contributed by atoms with Gasteiger partial charge in [0, 0.05) is 35.5 Å². The minimum absolute atomic E-state index is 0.0490. The first-order valence-corrected chi connectivity index (χ1v) is 11.4. The number of amides is 1. The van der Waals surface area contributed by atoms with Crippen molar-refractivity contribution in [3.63, 3.8) is 0 Å². The number of nitrogens with one attached hydrogen (secondary N) is 1. The molecule has 1 aliphatic heterocycles. The second kappa shape index (κ2) is 8.45. The van der Waals surface area contributed by atoms with Crippen LogP contribution in [-0.2, 0) is 12.0 Å². The predicted molar refractivity (Wildman–Crippen MR) is 132 cm³/mol. The highest BCUT2D eigenvalue weighted by Crippen LogP contribution is 2.45. The summed E-state index contributed by atoms with van der Waals surface area (Å²) in [7, 11) is 1.67. The number of ether oxygens (including phenoxy) is 1. The van der Waals surface area contributed by atoms with Crippen LogP contribution in [0.25, 0.3) is 11.1 Å². The van der Waals surface area contributed by atoms with Crippen molar-refractivity contribution in [1.82, 2.24) is 20.1 Å². The summed E-state index contributed by atoms with van der Waals surface area (Å²) in [4.78, 5) is 19.6. The van der Waals surface area contributed by atoms with Crippen LogP contribution in [0.4, 0.5) is 0 Å². The molecule has 0 spiro atoms. The van der Waals surface area contributed by atoms with Crippen molar-refractivity contribution in [3.8, 4) is 16.9 Å². The number of carbonyl (C=O) groups is 1. The lowest BCUT2D eigenvalue weighted by Gasteiger charge is -2.29. The fraction of sp³-hybridized carbons (Fsp3) is 0.250. The van der Waals surface area contributed by atoms with E-state index < -0.39 is 0 Å². The Morgan fingerprint density at radius 1 is 0.971 bits per heavy atom. The van der Waals surface area contributed by atoms with Gasteiger partial charge in [0.2, 0.25) is 0 Å². The molecule has 34 heavy (non-hydrogen) atoms. The lowest BCUT2D eigenvalue weighted by atomic mass is 9.85. The van der Waals surface area contributed by atoms with Gasteiger partial charge < -0.3 is 9.64 Å². The molecule has 6 heteroatoms. The number of aromatic nitrogens is 3. The van der Waals surface area contributed by atoms with Gasteiger partial charge in [-0.3, -0.25) is 14.9 Å². The van der Waals surface area contributed by atoms with E-state index in [0.29, 0.717) is 12.2 Å². The highest BCUT2D eigenvalue weighted by Gasteiger charge is 2.44. The van der Waals surface area contributed by atoms with Crippen molar-refractivity contribution >= 4 is 5.91 Å². The van der Waals surface area contributed by atoms with Crippen molar-refractivity contribution in [2.24, 2.45) is 0 Å². The Bertz CT molecular complexity index is 1320. The van der Waals surface area contributed by atoms with Crippen LogP contribution in [0, 0.1) is 0 Å². The zero-order chi connectivity index (χ0) is 23.9. The topological polar surface area (TPSA) is 71.1 Å². The maximum atomic E-state index is 13.6. The van der Waals surface area contributed by atoms with Gasteiger partial charge in [-0.2, -0.15) is 5.10 Å². The fourth-order valence-corrected chi connectivity index (χ4v) is 4.69. The minimum Gasteiger partial charge on any atom is -0.496 e. The van der Waals surface area contributed by atoms with Gasteiger partial charge in [0.05, 0.1) is 18.8 Å². The molecule has 2 aromatic heterocycles. The summed E-state index contributed by atoms with van der Waals surface area (Å²) in [6.45, 7) is 6.83. The standard InChI is InChI=1S/C28H28N4O2/c1-28(2,3)26-23-24(30-31-26)27(33)32(25(23)21-7-5-6-8-22(21)34-4)17-18-9-11-19(12-10-18)20-13-15-29-16-14-20/h5-16,25H,17H2,1-4H3,(H,30,31). The Hall–Kier alpha value is -3.93. The number of H-pyrrole nitrogens is 1. The monoisotopic (exact) mass is 452 g/mol. The summed E-state index contributed by atoms with van der Waals surface area (Å²) >= 11 is 0. The number of fused-ring (bicyclic) bond motifs is 1. The molecule has 0 fully saturated rings. The predicted octanol–water partition coefficient (Wildman–Crippen LogP) is 5.52. The van der Waals surface area contributed by atoms with Gasteiger partial charge in [0.1, 0.15) is 11.4 Å². The van der Waals surface area contributed by atoms with Gasteiger partial charge in [-0.25, -0.2) is 0 Å².